The number of rotatable bonds is 44. The fourth-order valence-corrected chi connectivity index (χ4v) is 9.24. The molecule has 13 nitrogen and oxygen atoms in total. The van der Waals surface area contributed by atoms with Crippen LogP contribution in [0.2, 0.25) is 0 Å². The fraction of sp³-hybridized carbons (Fsp3) is 0.920. The molecule has 1 aliphatic rings. The van der Waals surface area contributed by atoms with Gasteiger partial charge in [-0.1, -0.05) is 187 Å². The molecule has 0 amide bonds. The monoisotopic (exact) mass is 935 g/mol. The first kappa shape index (κ1) is 60.6. The molecule has 14 heteroatoms. The van der Waals surface area contributed by atoms with Gasteiger partial charge in [0.15, 0.2) is 6.10 Å². The van der Waals surface area contributed by atoms with E-state index in [9.17, 15) is 39.5 Å². The zero-order valence-corrected chi connectivity index (χ0v) is 41.4. The first-order chi connectivity index (χ1) is 30.8. The lowest BCUT2D eigenvalue weighted by Crippen LogP contribution is -2.29. The van der Waals surface area contributed by atoms with E-state index in [0.29, 0.717) is 38.5 Å². The van der Waals surface area contributed by atoms with Crippen LogP contribution in [0.15, 0.2) is 12.2 Å². The van der Waals surface area contributed by atoms with Gasteiger partial charge in [-0.3, -0.25) is 18.6 Å². The highest BCUT2D eigenvalue weighted by Gasteiger charge is 2.39. The predicted octanol–water partition coefficient (Wildman–Crippen LogP) is 10.6. The van der Waals surface area contributed by atoms with E-state index < -0.39 is 70.1 Å². The van der Waals surface area contributed by atoms with Gasteiger partial charge in [-0.2, -0.15) is 0 Å². The van der Waals surface area contributed by atoms with Gasteiger partial charge in [0.05, 0.1) is 38.1 Å². The Bertz CT molecular complexity index is 1200. The molecule has 378 valence electrons. The predicted molar refractivity (Wildman–Crippen MR) is 253 cm³/mol. The van der Waals surface area contributed by atoms with Crippen LogP contribution in [0, 0.1) is 17.8 Å². The maximum Gasteiger partial charge on any atom is 0.472 e. The van der Waals surface area contributed by atoms with Gasteiger partial charge in [-0.15, -0.1) is 0 Å². The van der Waals surface area contributed by atoms with Gasteiger partial charge < -0.3 is 39.9 Å². The van der Waals surface area contributed by atoms with Gasteiger partial charge in [-0.05, 0) is 37.5 Å². The first-order valence-corrected chi connectivity index (χ1v) is 27.3. The molecule has 1 fully saturated rings. The average molecular weight is 935 g/mol. The molecule has 8 atom stereocenters. The van der Waals surface area contributed by atoms with Gasteiger partial charge in [0.1, 0.15) is 12.7 Å². The van der Waals surface area contributed by atoms with Gasteiger partial charge >= 0.3 is 19.8 Å². The lowest BCUT2D eigenvalue weighted by Gasteiger charge is -2.21. The Hall–Kier alpha value is -1.41. The molecule has 1 unspecified atom stereocenters. The third-order valence-electron chi connectivity index (χ3n) is 12.4. The van der Waals surface area contributed by atoms with Gasteiger partial charge in [0, 0.05) is 25.2 Å². The zero-order chi connectivity index (χ0) is 47.3. The van der Waals surface area contributed by atoms with Crippen molar-refractivity contribution in [1.29, 1.82) is 0 Å². The quantitative estimate of drug-likeness (QED) is 0.0146. The Morgan fingerprint density at radius 1 is 0.641 bits per heavy atom. The highest BCUT2D eigenvalue weighted by molar-refractivity contribution is 7.47. The minimum Gasteiger partial charge on any atom is -0.462 e. The van der Waals surface area contributed by atoms with E-state index in [0.717, 1.165) is 57.3 Å². The van der Waals surface area contributed by atoms with E-state index in [4.69, 9.17) is 23.6 Å². The molecule has 0 heterocycles. The number of carbonyl (C=O) groups excluding carboxylic acids is 2. The number of esters is 2. The molecule has 1 rings (SSSR count). The second-order valence-corrected chi connectivity index (χ2v) is 20.5. The summed E-state index contributed by atoms with van der Waals surface area (Å²) in [6.07, 6.45) is 31.0. The number of hydrogen-bond acceptors (Lipinski definition) is 12. The largest absolute Gasteiger partial charge is 0.472 e. The third kappa shape index (κ3) is 34.0. The minimum absolute atomic E-state index is 0.0610. The number of phosphoric acid groups is 1. The SMILES string of the molecule is CCCCC[C@H](O)/C=C/[C@@H]1[C@@H](CCCCCCC(=O)O[C@H](COC(=O)CCCCCCCCCCCCCCCCCCCCC(C)C)COP(=O)(O)OC[C@@H](O)CO)[C@@H](O)C[C@H]1O. The molecule has 1 saturated carbocycles. The van der Waals surface area contributed by atoms with E-state index >= 15 is 0 Å². The Balaban J connectivity index is 2.32. The van der Waals surface area contributed by atoms with Crippen molar-refractivity contribution in [3.63, 3.8) is 0 Å². The number of aliphatic hydroxyl groups excluding tert-OH is 5. The summed E-state index contributed by atoms with van der Waals surface area (Å²) in [6.45, 7) is 4.43. The molecule has 0 radical (unpaired) electrons. The zero-order valence-electron chi connectivity index (χ0n) is 40.5. The molecule has 0 aliphatic heterocycles. The van der Waals surface area contributed by atoms with Crippen molar-refractivity contribution in [3.05, 3.63) is 12.2 Å². The Morgan fingerprint density at radius 3 is 1.66 bits per heavy atom. The van der Waals surface area contributed by atoms with Gasteiger partial charge in [-0.25, -0.2) is 4.57 Å². The molecule has 0 spiro atoms. The van der Waals surface area contributed by atoms with Crippen LogP contribution >= 0.6 is 7.82 Å². The Kier molecular flexibility index (Phi) is 37.5. The molecule has 0 bridgehead atoms. The lowest BCUT2D eigenvalue weighted by molar-refractivity contribution is -0.161. The number of phosphoric ester groups is 1. The summed E-state index contributed by atoms with van der Waals surface area (Å²) in [4.78, 5) is 35.4. The molecule has 0 aromatic carbocycles. The molecular formula is C50H95O13P. The molecule has 1 aliphatic carbocycles. The summed E-state index contributed by atoms with van der Waals surface area (Å²) < 4.78 is 32.9. The van der Waals surface area contributed by atoms with E-state index in [1.165, 1.54) is 96.3 Å². The van der Waals surface area contributed by atoms with E-state index in [-0.39, 0.29) is 31.3 Å². The third-order valence-corrected chi connectivity index (χ3v) is 13.4. The van der Waals surface area contributed by atoms with Crippen molar-refractivity contribution in [2.45, 2.75) is 250 Å². The van der Waals surface area contributed by atoms with Crippen LogP contribution in [-0.2, 0) is 32.7 Å². The van der Waals surface area contributed by atoms with Crippen molar-refractivity contribution in [1.82, 2.24) is 0 Å². The second kappa shape index (κ2) is 39.6. The smallest absolute Gasteiger partial charge is 0.462 e. The summed E-state index contributed by atoms with van der Waals surface area (Å²) >= 11 is 0. The van der Waals surface area contributed by atoms with Crippen LogP contribution in [0.4, 0.5) is 0 Å². The van der Waals surface area contributed by atoms with Crippen LogP contribution in [0.25, 0.3) is 0 Å². The maximum absolute atomic E-state index is 12.8. The number of aliphatic hydroxyl groups is 5. The van der Waals surface area contributed by atoms with Crippen LogP contribution in [0.1, 0.15) is 220 Å². The lowest BCUT2D eigenvalue weighted by atomic mass is 9.88. The normalized spacial score (nSPS) is 20.2. The topological polar surface area (TPSA) is 210 Å². The van der Waals surface area contributed by atoms with Crippen molar-refractivity contribution in [2.24, 2.45) is 17.8 Å². The van der Waals surface area contributed by atoms with Crippen LogP contribution in [-0.4, -0.2) is 99.3 Å². The first-order valence-electron chi connectivity index (χ1n) is 25.8. The number of unbranched alkanes of at least 4 members (excludes halogenated alkanes) is 22. The summed E-state index contributed by atoms with van der Waals surface area (Å²) in [5, 5.41) is 49.9. The van der Waals surface area contributed by atoms with E-state index in [1.807, 2.05) is 6.08 Å². The summed E-state index contributed by atoms with van der Waals surface area (Å²) in [5.74, 6) is -0.551. The molecule has 0 aromatic heterocycles. The molecule has 6 N–H and O–H groups in total. The van der Waals surface area contributed by atoms with Crippen molar-refractivity contribution in [3.8, 4) is 0 Å². The molecule has 64 heavy (non-hydrogen) atoms. The second-order valence-electron chi connectivity index (χ2n) is 19.0. The van der Waals surface area contributed by atoms with Crippen LogP contribution in [0.5, 0.6) is 0 Å². The number of hydrogen-bond donors (Lipinski definition) is 6. The fourth-order valence-electron chi connectivity index (χ4n) is 8.45. The molecular weight excluding hydrogens is 840 g/mol. The summed E-state index contributed by atoms with van der Waals surface area (Å²) in [5.41, 5.74) is 0. The highest BCUT2D eigenvalue weighted by atomic mass is 31.2. The van der Waals surface area contributed by atoms with Crippen molar-refractivity contribution < 1.29 is 63.1 Å². The molecule has 0 saturated heterocycles. The minimum atomic E-state index is -4.68. The average Bonchev–Trinajstić information content (AvgIpc) is 3.53. The van der Waals surface area contributed by atoms with Crippen molar-refractivity contribution >= 4 is 19.8 Å². The van der Waals surface area contributed by atoms with E-state index in [1.54, 1.807) is 6.08 Å². The number of ether oxygens (including phenoxy) is 2. The maximum atomic E-state index is 12.8. The van der Waals surface area contributed by atoms with Crippen molar-refractivity contribution in [2.75, 3.05) is 26.4 Å². The van der Waals surface area contributed by atoms with Crippen LogP contribution in [0.3, 0.4) is 0 Å². The van der Waals surface area contributed by atoms with Gasteiger partial charge in [0.2, 0.25) is 0 Å². The summed E-state index contributed by atoms with van der Waals surface area (Å²) in [7, 11) is -4.68. The standard InChI is InChI=1S/C50H95O13P/c1-4-5-24-30-42(52)34-35-46-45(47(54)36-48(46)55)31-26-22-23-28-33-50(57)63-44(40-62-64(58,59)61-38-43(53)37-51)39-60-49(56)32-27-21-19-17-15-13-11-9-7-6-8-10-12-14-16-18-20-25-29-41(2)3/h34-35,41-48,51-55H,4-33,36-40H2,1-3H3,(H,58,59)/b35-34+/t42-,43-,44+,45+,46+,47-,48+/m0/s1. The molecule has 0 aromatic rings. The number of carbonyl (C=O) groups is 2. The Labute approximate surface area is 388 Å². The Morgan fingerprint density at radius 2 is 1.12 bits per heavy atom. The highest BCUT2D eigenvalue weighted by Crippen LogP contribution is 2.43. The summed E-state index contributed by atoms with van der Waals surface area (Å²) in [6, 6.07) is 0. The van der Waals surface area contributed by atoms with Crippen LogP contribution < -0.4 is 0 Å². The van der Waals surface area contributed by atoms with Gasteiger partial charge in [0.25, 0.3) is 0 Å². The van der Waals surface area contributed by atoms with E-state index in [2.05, 4.69) is 20.8 Å².